The zero-order chi connectivity index (χ0) is 14.8. The Balaban J connectivity index is 3.30. The van der Waals surface area contributed by atoms with Crippen molar-refractivity contribution in [1.29, 1.82) is 0 Å². The van der Waals surface area contributed by atoms with Crippen molar-refractivity contribution in [3.8, 4) is 0 Å². The molecule has 2 unspecified atom stereocenters. The number of nitrogens with one attached hydrogen (secondary N) is 1. The number of nitrogens with two attached hydrogens (primary N) is 1. The summed E-state index contributed by atoms with van der Waals surface area (Å²) in [5.74, 6) is 0. The second-order valence-electron chi connectivity index (χ2n) is 6.39. The first-order valence-corrected chi connectivity index (χ1v) is 6.87. The van der Waals surface area contributed by atoms with E-state index in [0.717, 1.165) is 0 Å². The third kappa shape index (κ3) is 3.56. The molecule has 0 heterocycles. The Labute approximate surface area is 117 Å². The first-order valence-electron chi connectivity index (χ1n) is 6.87. The molecule has 108 valence electrons. The van der Waals surface area contributed by atoms with Crippen molar-refractivity contribution >= 4 is 0 Å². The molecule has 0 bridgehead atoms. The molecule has 0 spiro atoms. The van der Waals surface area contributed by atoms with Crippen molar-refractivity contribution in [3.63, 3.8) is 0 Å². The normalized spacial score (nSPS) is 15.4. The number of benzene rings is 1. The molecule has 0 aliphatic carbocycles. The summed E-state index contributed by atoms with van der Waals surface area (Å²) in [6.07, 6.45) is 0. The van der Waals surface area contributed by atoms with Gasteiger partial charge in [-0.1, -0.05) is 32.9 Å². The van der Waals surface area contributed by atoms with Gasteiger partial charge in [-0.3, -0.25) is 0 Å². The van der Waals surface area contributed by atoms with E-state index < -0.39 is 0 Å². The number of hydrogen-bond acceptors (Lipinski definition) is 3. The molecule has 3 heteroatoms. The van der Waals surface area contributed by atoms with Crippen LogP contribution in [0, 0.1) is 13.8 Å². The fourth-order valence-electron chi connectivity index (χ4n) is 2.58. The van der Waals surface area contributed by atoms with Crippen LogP contribution in [0.2, 0.25) is 0 Å². The van der Waals surface area contributed by atoms with Crippen LogP contribution in [-0.2, 0) is 5.41 Å². The number of rotatable bonds is 4. The Morgan fingerprint density at radius 3 is 2.00 bits per heavy atom. The second kappa shape index (κ2) is 6.04. The lowest BCUT2D eigenvalue weighted by atomic mass is 9.82. The highest BCUT2D eigenvalue weighted by Gasteiger charge is 2.23. The van der Waals surface area contributed by atoms with Crippen LogP contribution in [-0.4, -0.2) is 24.8 Å². The molecule has 2 atom stereocenters. The number of aliphatic hydroxyl groups excluding tert-OH is 1. The van der Waals surface area contributed by atoms with Gasteiger partial charge in [0.2, 0.25) is 0 Å². The number of aliphatic hydroxyl groups is 1. The maximum Gasteiger partial charge on any atom is 0.0601 e. The summed E-state index contributed by atoms with van der Waals surface area (Å²) in [7, 11) is 1.89. The topological polar surface area (TPSA) is 58.3 Å². The summed E-state index contributed by atoms with van der Waals surface area (Å²) < 4.78 is 0. The minimum absolute atomic E-state index is 0.0148. The van der Waals surface area contributed by atoms with E-state index in [9.17, 15) is 5.11 Å². The molecule has 3 nitrogen and oxygen atoms in total. The largest absolute Gasteiger partial charge is 0.395 e. The van der Waals surface area contributed by atoms with Crippen LogP contribution in [0.15, 0.2) is 12.1 Å². The number of likely N-dealkylation sites (N-methyl/N-ethyl adjacent to an activating group) is 1. The van der Waals surface area contributed by atoms with Gasteiger partial charge in [0.15, 0.2) is 0 Å². The molecule has 0 fully saturated rings. The fraction of sp³-hybridized carbons (Fsp3) is 0.625. The molecule has 4 N–H and O–H groups in total. The van der Waals surface area contributed by atoms with E-state index in [-0.39, 0.29) is 24.1 Å². The summed E-state index contributed by atoms with van der Waals surface area (Å²) in [5, 5.41) is 12.5. The van der Waals surface area contributed by atoms with Gasteiger partial charge in [0, 0.05) is 12.1 Å². The third-order valence-corrected chi connectivity index (χ3v) is 3.72. The summed E-state index contributed by atoms with van der Waals surface area (Å²) >= 11 is 0. The van der Waals surface area contributed by atoms with Gasteiger partial charge in [-0.2, -0.15) is 0 Å². The first kappa shape index (κ1) is 16.2. The predicted molar refractivity (Wildman–Crippen MR) is 81.5 cm³/mol. The Morgan fingerprint density at radius 1 is 1.21 bits per heavy atom. The van der Waals surface area contributed by atoms with E-state index in [1.165, 1.54) is 22.3 Å². The lowest BCUT2D eigenvalue weighted by molar-refractivity contribution is 0.240. The van der Waals surface area contributed by atoms with Crippen LogP contribution >= 0.6 is 0 Å². The van der Waals surface area contributed by atoms with Crippen molar-refractivity contribution in [2.75, 3.05) is 13.7 Å². The van der Waals surface area contributed by atoms with E-state index in [1.54, 1.807) is 0 Å². The summed E-state index contributed by atoms with van der Waals surface area (Å²) in [4.78, 5) is 0. The van der Waals surface area contributed by atoms with Gasteiger partial charge < -0.3 is 16.2 Å². The van der Waals surface area contributed by atoms with Crippen molar-refractivity contribution < 1.29 is 5.11 Å². The van der Waals surface area contributed by atoms with Gasteiger partial charge in [-0.05, 0) is 48.6 Å². The number of hydrogen-bond donors (Lipinski definition) is 3. The van der Waals surface area contributed by atoms with Gasteiger partial charge in [0.25, 0.3) is 0 Å². The van der Waals surface area contributed by atoms with Crippen LogP contribution in [0.4, 0.5) is 0 Å². The van der Waals surface area contributed by atoms with Crippen LogP contribution in [0.25, 0.3) is 0 Å². The molecule has 0 aromatic heterocycles. The lowest BCUT2D eigenvalue weighted by Gasteiger charge is -2.28. The average Bonchev–Trinajstić information content (AvgIpc) is 2.31. The Hall–Kier alpha value is -0.900. The van der Waals surface area contributed by atoms with E-state index in [1.807, 2.05) is 7.05 Å². The minimum Gasteiger partial charge on any atom is -0.395 e. The SMILES string of the molecule is CNC(c1c(C)cc(C(C)(C)C)cc1C)C(N)CO. The highest BCUT2D eigenvalue weighted by molar-refractivity contribution is 5.42. The van der Waals surface area contributed by atoms with Gasteiger partial charge in [0.1, 0.15) is 0 Å². The molecule has 0 aliphatic rings. The molecular formula is C16H28N2O. The highest BCUT2D eigenvalue weighted by Crippen LogP contribution is 2.30. The first-order chi connectivity index (χ1) is 8.72. The molecule has 0 amide bonds. The molecule has 1 aromatic rings. The van der Waals surface area contributed by atoms with Crippen molar-refractivity contribution in [2.24, 2.45) is 5.73 Å². The van der Waals surface area contributed by atoms with Crippen molar-refractivity contribution in [1.82, 2.24) is 5.32 Å². The maximum atomic E-state index is 9.30. The van der Waals surface area contributed by atoms with Crippen molar-refractivity contribution in [3.05, 3.63) is 34.4 Å². The molecule has 0 radical (unpaired) electrons. The van der Waals surface area contributed by atoms with E-state index in [4.69, 9.17) is 5.73 Å². The average molecular weight is 264 g/mol. The summed E-state index contributed by atoms with van der Waals surface area (Å²) in [6.45, 7) is 10.9. The molecule has 19 heavy (non-hydrogen) atoms. The quantitative estimate of drug-likeness (QED) is 0.781. The molecule has 0 saturated heterocycles. The van der Waals surface area contributed by atoms with Crippen LogP contribution < -0.4 is 11.1 Å². The van der Waals surface area contributed by atoms with Crippen LogP contribution in [0.5, 0.6) is 0 Å². The third-order valence-electron chi connectivity index (χ3n) is 3.72. The lowest BCUT2D eigenvalue weighted by Crippen LogP contribution is -2.39. The zero-order valence-corrected chi connectivity index (χ0v) is 13.0. The monoisotopic (exact) mass is 264 g/mol. The molecular weight excluding hydrogens is 236 g/mol. The highest BCUT2D eigenvalue weighted by atomic mass is 16.3. The van der Waals surface area contributed by atoms with Gasteiger partial charge >= 0.3 is 0 Å². The Bertz CT molecular complexity index is 412. The fourth-order valence-corrected chi connectivity index (χ4v) is 2.58. The molecule has 1 rings (SSSR count). The van der Waals surface area contributed by atoms with Crippen LogP contribution in [0.3, 0.4) is 0 Å². The minimum atomic E-state index is -0.289. The zero-order valence-electron chi connectivity index (χ0n) is 13.0. The van der Waals surface area contributed by atoms with Gasteiger partial charge in [-0.15, -0.1) is 0 Å². The Morgan fingerprint density at radius 2 is 1.68 bits per heavy atom. The maximum absolute atomic E-state index is 9.30. The smallest absolute Gasteiger partial charge is 0.0601 e. The van der Waals surface area contributed by atoms with E-state index >= 15 is 0 Å². The predicted octanol–water partition coefficient (Wildman–Crippen LogP) is 2.18. The van der Waals surface area contributed by atoms with Crippen LogP contribution in [0.1, 0.15) is 49.1 Å². The van der Waals surface area contributed by atoms with Gasteiger partial charge in [-0.25, -0.2) is 0 Å². The number of aryl methyl sites for hydroxylation is 2. The second-order valence-corrected chi connectivity index (χ2v) is 6.39. The molecule has 0 saturated carbocycles. The standard InChI is InChI=1S/C16H28N2O/c1-10-7-12(16(3,4)5)8-11(2)14(10)15(18-6)13(17)9-19/h7-8,13,15,18-19H,9,17H2,1-6H3. The van der Waals surface area contributed by atoms with E-state index in [0.29, 0.717) is 0 Å². The van der Waals surface area contributed by atoms with E-state index in [2.05, 4.69) is 52.1 Å². The molecule has 1 aromatic carbocycles. The Kier molecular flexibility index (Phi) is 5.13. The van der Waals surface area contributed by atoms with Gasteiger partial charge in [0.05, 0.1) is 6.61 Å². The summed E-state index contributed by atoms with van der Waals surface area (Å²) in [6, 6.07) is 4.16. The summed E-state index contributed by atoms with van der Waals surface area (Å²) in [5.41, 5.74) is 11.1. The molecule has 0 aliphatic heterocycles. The van der Waals surface area contributed by atoms with Crippen molar-refractivity contribution in [2.45, 2.75) is 52.1 Å².